The van der Waals surface area contributed by atoms with Crippen LogP contribution in [0.3, 0.4) is 0 Å². The molecule has 22 heavy (non-hydrogen) atoms. The Morgan fingerprint density at radius 2 is 1.91 bits per heavy atom. The van der Waals surface area contributed by atoms with Crippen LogP contribution in [0, 0.1) is 0 Å². The highest BCUT2D eigenvalue weighted by atomic mass is 32.2. The maximum Gasteiger partial charge on any atom is 0.443 e. The molecule has 1 atom stereocenters. The standard InChI is InChI=1S/C15H17F3O3S/c1-4-10-14(13(19)21-5-2,22-15(16,17)18)11-6-8-12(20-3)9-7-11/h4,6-9H,1,5,10H2,2-3H3. The molecule has 1 aromatic carbocycles. The number of allylic oxidation sites excluding steroid dienone is 1. The van der Waals surface area contributed by atoms with Crippen LogP contribution in [0.25, 0.3) is 0 Å². The first-order valence-electron chi connectivity index (χ1n) is 6.48. The molecule has 0 aliphatic carbocycles. The number of rotatable bonds is 7. The summed E-state index contributed by atoms with van der Waals surface area (Å²) >= 11 is -0.398. The molecule has 0 aliphatic heterocycles. The zero-order valence-electron chi connectivity index (χ0n) is 12.3. The molecule has 3 nitrogen and oxygen atoms in total. The SMILES string of the molecule is C=CCC(SC(F)(F)F)(C(=O)OCC)c1ccc(OC)cc1. The van der Waals surface area contributed by atoms with E-state index in [-0.39, 0.29) is 18.6 Å². The molecule has 0 saturated carbocycles. The maximum absolute atomic E-state index is 13.0. The third-order valence-corrected chi connectivity index (χ3v) is 4.03. The molecule has 0 aromatic heterocycles. The van der Waals surface area contributed by atoms with Gasteiger partial charge >= 0.3 is 11.5 Å². The van der Waals surface area contributed by atoms with E-state index in [1.165, 1.54) is 37.5 Å². The predicted molar refractivity (Wildman–Crippen MR) is 79.8 cm³/mol. The van der Waals surface area contributed by atoms with Crippen molar-refractivity contribution in [3.05, 3.63) is 42.5 Å². The Balaban J connectivity index is 3.37. The fourth-order valence-electron chi connectivity index (χ4n) is 1.97. The van der Waals surface area contributed by atoms with Crippen molar-refractivity contribution in [1.82, 2.24) is 0 Å². The van der Waals surface area contributed by atoms with Gasteiger partial charge in [0.05, 0.1) is 13.7 Å². The first-order valence-corrected chi connectivity index (χ1v) is 7.30. The monoisotopic (exact) mass is 334 g/mol. The molecule has 0 amide bonds. The smallest absolute Gasteiger partial charge is 0.443 e. The molecular formula is C15H17F3O3S. The summed E-state index contributed by atoms with van der Waals surface area (Å²) in [6.07, 6.45) is 1.07. The molecule has 1 aromatic rings. The minimum Gasteiger partial charge on any atom is -0.497 e. The summed E-state index contributed by atoms with van der Waals surface area (Å²) in [5.74, 6) is -0.459. The van der Waals surface area contributed by atoms with Crippen LogP contribution in [0.15, 0.2) is 36.9 Å². The number of ether oxygens (including phenoxy) is 2. The molecule has 0 bridgehead atoms. The number of carbonyl (C=O) groups excluding carboxylic acids is 1. The number of thioether (sulfide) groups is 1. The second-order valence-corrected chi connectivity index (χ2v) is 5.68. The van der Waals surface area contributed by atoms with Gasteiger partial charge in [-0.1, -0.05) is 18.2 Å². The average Bonchev–Trinajstić information content (AvgIpc) is 2.45. The zero-order chi connectivity index (χ0) is 16.8. The first kappa shape index (κ1) is 18.4. The van der Waals surface area contributed by atoms with Gasteiger partial charge in [0.1, 0.15) is 10.5 Å². The number of methoxy groups -OCH3 is 1. The van der Waals surface area contributed by atoms with E-state index in [1.807, 2.05) is 0 Å². The molecule has 0 spiro atoms. The highest BCUT2D eigenvalue weighted by Crippen LogP contribution is 2.50. The third-order valence-electron chi connectivity index (χ3n) is 2.88. The highest BCUT2D eigenvalue weighted by molar-refractivity contribution is 8.01. The lowest BCUT2D eigenvalue weighted by atomic mass is 9.94. The van der Waals surface area contributed by atoms with Crippen molar-refractivity contribution >= 4 is 17.7 Å². The van der Waals surface area contributed by atoms with Gasteiger partial charge < -0.3 is 9.47 Å². The summed E-state index contributed by atoms with van der Waals surface area (Å²) < 4.78 is 47.0. The van der Waals surface area contributed by atoms with Crippen molar-refractivity contribution in [2.24, 2.45) is 0 Å². The maximum atomic E-state index is 13.0. The molecule has 0 N–H and O–H groups in total. The van der Waals surface area contributed by atoms with Crippen molar-refractivity contribution in [3.63, 3.8) is 0 Å². The van der Waals surface area contributed by atoms with E-state index in [9.17, 15) is 18.0 Å². The Morgan fingerprint density at radius 1 is 1.32 bits per heavy atom. The van der Waals surface area contributed by atoms with Crippen molar-refractivity contribution in [3.8, 4) is 5.75 Å². The van der Waals surface area contributed by atoms with Gasteiger partial charge in [0, 0.05) is 0 Å². The molecule has 0 radical (unpaired) electrons. The van der Waals surface area contributed by atoms with Gasteiger partial charge in [0.25, 0.3) is 0 Å². The summed E-state index contributed by atoms with van der Waals surface area (Å²) in [4.78, 5) is 12.3. The summed E-state index contributed by atoms with van der Waals surface area (Å²) in [7, 11) is 1.45. The fourth-order valence-corrected chi connectivity index (χ4v) is 2.96. The van der Waals surface area contributed by atoms with E-state index in [2.05, 4.69) is 6.58 Å². The summed E-state index contributed by atoms with van der Waals surface area (Å²) in [5.41, 5.74) is -4.41. The second-order valence-electron chi connectivity index (χ2n) is 4.32. The lowest BCUT2D eigenvalue weighted by molar-refractivity contribution is -0.146. The molecular weight excluding hydrogens is 317 g/mol. The Bertz CT molecular complexity index is 514. The van der Waals surface area contributed by atoms with E-state index in [0.717, 1.165) is 0 Å². The van der Waals surface area contributed by atoms with Crippen LogP contribution >= 0.6 is 11.8 Å². The summed E-state index contributed by atoms with van der Waals surface area (Å²) in [6, 6.07) is 5.86. The largest absolute Gasteiger partial charge is 0.497 e. The lowest BCUT2D eigenvalue weighted by Crippen LogP contribution is -2.36. The van der Waals surface area contributed by atoms with Crippen molar-refractivity contribution < 1.29 is 27.4 Å². The quantitative estimate of drug-likeness (QED) is 0.551. The topological polar surface area (TPSA) is 35.5 Å². The number of hydrogen-bond donors (Lipinski definition) is 0. The first-order chi connectivity index (χ1) is 10.3. The van der Waals surface area contributed by atoms with Crippen LogP contribution < -0.4 is 4.74 Å². The molecule has 0 fully saturated rings. The van der Waals surface area contributed by atoms with Crippen molar-refractivity contribution in [2.75, 3.05) is 13.7 Å². The van der Waals surface area contributed by atoms with E-state index in [0.29, 0.717) is 5.75 Å². The Morgan fingerprint density at radius 3 is 2.32 bits per heavy atom. The molecule has 0 aliphatic rings. The molecule has 0 heterocycles. The van der Waals surface area contributed by atoms with Gasteiger partial charge in [-0.3, -0.25) is 4.79 Å². The molecule has 1 unspecified atom stereocenters. The van der Waals surface area contributed by atoms with Crippen LogP contribution in [-0.2, 0) is 14.3 Å². The molecule has 0 saturated heterocycles. The third kappa shape index (κ3) is 4.43. The number of halogens is 3. The second kappa shape index (κ2) is 7.58. The number of carbonyl (C=O) groups is 1. The predicted octanol–water partition coefficient (Wildman–Crippen LogP) is 4.28. The van der Waals surface area contributed by atoms with Crippen LogP contribution in [0.2, 0.25) is 0 Å². The van der Waals surface area contributed by atoms with Crippen LogP contribution in [0.1, 0.15) is 18.9 Å². The Labute approximate surface area is 131 Å². The van der Waals surface area contributed by atoms with Crippen LogP contribution in [0.4, 0.5) is 13.2 Å². The van der Waals surface area contributed by atoms with E-state index < -0.39 is 28.0 Å². The fraction of sp³-hybridized carbons (Fsp3) is 0.400. The molecule has 122 valence electrons. The normalized spacial score (nSPS) is 14.0. The van der Waals surface area contributed by atoms with E-state index >= 15 is 0 Å². The zero-order valence-corrected chi connectivity index (χ0v) is 13.1. The minimum absolute atomic E-state index is 0.00764. The number of alkyl halides is 3. The molecule has 7 heteroatoms. The number of esters is 1. The average molecular weight is 334 g/mol. The van der Waals surface area contributed by atoms with Gasteiger partial charge in [0.15, 0.2) is 0 Å². The van der Waals surface area contributed by atoms with Crippen molar-refractivity contribution in [2.45, 2.75) is 23.6 Å². The van der Waals surface area contributed by atoms with Crippen molar-refractivity contribution in [1.29, 1.82) is 0 Å². The van der Waals surface area contributed by atoms with Gasteiger partial charge in [-0.15, -0.1) is 6.58 Å². The number of benzene rings is 1. The van der Waals surface area contributed by atoms with Gasteiger partial charge in [-0.25, -0.2) is 0 Å². The van der Waals surface area contributed by atoms with Gasteiger partial charge in [-0.05, 0) is 42.8 Å². The van der Waals surface area contributed by atoms with Crippen LogP contribution in [0.5, 0.6) is 5.75 Å². The molecule has 1 rings (SSSR count). The lowest BCUT2D eigenvalue weighted by Gasteiger charge is -2.31. The summed E-state index contributed by atoms with van der Waals surface area (Å²) in [5, 5.41) is 0. The van der Waals surface area contributed by atoms with Crippen LogP contribution in [-0.4, -0.2) is 25.2 Å². The Kier molecular flexibility index (Phi) is 6.34. The Hall–Kier alpha value is -1.63. The van der Waals surface area contributed by atoms with Gasteiger partial charge in [-0.2, -0.15) is 13.2 Å². The van der Waals surface area contributed by atoms with Gasteiger partial charge in [0.2, 0.25) is 0 Å². The summed E-state index contributed by atoms with van der Waals surface area (Å²) in [6.45, 7) is 5.00. The highest BCUT2D eigenvalue weighted by Gasteiger charge is 2.50. The number of hydrogen-bond acceptors (Lipinski definition) is 4. The van der Waals surface area contributed by atoms with E-state index in [4.69, 9.17) is 9.47 Å². The van der Waals surface area contributed by atoms with E-state index in [1.54, 1.807) is 6.92 Å². The minimum atomic E-state index is -4.60.